The molecule has 1 nitrogen and oxygen atoms in total. The van der Waals surface area contributed by atoms with Crippen LogP contribution < -0.4 is 0 Å². The van der Waals surface area contributed by atoms with Gasteiger partial charge in [-0.25, -0.2) is 0 Å². The monoisotopic (exact) mass is 229 g/mol. The largest absolute Gasteiger partial charge is 0.401 e. The minimum Gasteiger partial charge on any atom is -0.290 e. The Morgan fingerprint density at radius 3 is 2.29 bits per heavy atom. The van der Waals surface area contributed by atoms with E-state index in [0.29, 0.717) is 6.54 Å². The summed E-state index contributed by atoms with van der Waals surface area (Å²) in [5.41, 5.74) is 1.01. The summed E-state index contributed by atoms with van der Waals surface area (Å²) < 4.78 is 36.1. The van der Waals surface area contributed by atoms with Crippen molar-refractivity contribution in [1.29, 1.82) is 0 Å². The van der Waals surface area contributed by atoms with E-state index in [4.69, 9.17) is 11.6 Å². The molecular weight excluding hydrogens is 215 g/mol. The fourth-order valence-electron chi connectivity index (χ4n) is 0.920. The van der Waals surface area contributed by atoms with Gasteiger partial charge in [-0.05, 0) is 13.8 Å². The fourth-order valence-corrected chi connectivity index (χ4v) is 1.16. The maximum absolute atomic E-state index is 12.0. The van der Waals surface area contributed by atoms with E-state index >= 15 is 0 Å². The number of hydrogen-bond donors (Lipinski definition) is 0. The van der Waals surface area contributed by atoms with Gasteiger partial charge < -0.3 is 0 Å². The van der Waals surface area contributed by atoms with Gasteiger partial charge in [0.25, 0.3) is 0 Å². The summed E-state index contributed by atoms with van der Waals surface area (Å²) in [5, 5.41) is 0. The number of nitrogens with zero attached hydrogens (tertiary/aromatic N) is 1. The van der Waals surface area contributed by atoms with Crippen LogP contribution in [0.3, 0.4) is 0 Å². The SMILES string of the molecule is CC(C)=CCN(CCCl)CC(F)(F)F. The van der Waals surface area contributed by atoms with Crippen molar-refractivity contribution in [3.05, 3.63) is 11.6 Å². The predicted molar refractivity (Wildman–Crippen MR) is 52.6 cm³/mol. The second kappa shape index (κ2) is 6.30. The molecule has 0 atom stereocenters. The normalized spacial score (nSPS) is 11.9. The zero-order valence-electron chi connectivity index (χ0n) is 8.36. The second-order valence-corrected chi connectivity index (χ2v) is 3.70. The number of allylic oxidation sites excluding steroid dienone is 1. The van der Waals surface area contributed by atoms with Crippen LogP contribution in [0, 0.1) is 0 Å². The van der Waals surface area contributed by atoms with Gasteiger partial charge in [-0.15, -0.1) is 11.6 Å². The van der Waals surface area contributed by atoms with E-state index in [-0.39, 0.29) is 12.4 Å². The van der Waals surface area contributed by atoms with Crippen LogP contribution in [0.1, 0.15) is 13.8 Å². The van der Waals surface area contributed by atoms with Gasteiger partial charge in [0, 0.05) is 19.0 Å². The zero-order chi connectivity index (χ0) is 11.2. The molecule has 0 bridgehead atoms. The first-order valence-corrected chi connectivity index (χ1v) is 4.87. The van der Waals surface area contributed by atoms with Gasteiger partial charge in [-0.2, -0.15) is 13.2 Å². The molecule has 0 radical (unpaired) electrons. The predicted octanol–water partition coefficient (Wildman–Crippen LogP) is 3.06. The van der Waals surface area contributed by atoms with Crippen molar-refractivity contribution >= 4 is 11.6 Å². The molecule has 0 aliphatic carbocycles. The van der Waals surface area contributed by atoms with E-state index in [1.165, 1.54) is 4.90 Å². The van der Waals surface area contributed by atoms with Crippen LogP contribution in [0.5, 0.6) is 0 Å². The molecule has 0 aromatic heterocycles. The van der Waals surface area contributed by atoms with Gasteiger partial charge in [0.05, 0.1) is 6.54 Å². The Bertz CT molecular complexity index is 185. The Hall–Kier alpha value is -0.220. The van der Waals surface area contributed by atoms with Crippen LogP contribution in [0.4, 0.5) is 13.2 Å². The molecule has 0 saturated carbocycles. The molecule has 0 N–H and O–H groups in total. The molecule has 0 spiro atoms. The summed E-state index contributed by atoms with van der Waals surface area (Å²) in [6.07, 6.45) is -2.39. The summed E-state index contributed by atoms with van der Waals surface area (Å²) in [7, 11) is 0. The lowest BCUT2D eigenvalue weighted by atomic mass is 10.3. The van der Waals surface area contributed by atoms with Gasteiger partial charge >= 0.3 is 6.18 Å². The summed E-state index contributed by atoms with van der Waals surface area (Å²) in [6, 6.07) is 0. The summed E-state index contributed by atoms with van der Waals surface area (Å²) in [5.74, 6) is 0.215. The Morgan fingerprint density at radius 2 is 1.93 bits per heavy atom. The maximum Gasteiger partial charge on any atom is 0.401 e. The maximum atomic E-state index is 12.0. The number of halogens is 4. The van der Waals surface area contributed by atoms with Gasteiger partial charge in [-0.1, -0.05) is 11.6 Å². The zero-order valence-corrected chi connectivity index (χ0v) is 9.12. The third kappa shape index (κ3) is 8.38. The van der Waals surface area contributed by atoms with Gasteiger partial charge in [0.2, 0.25) is 0 Å². The van der Waals surface area contributed by atoms with Gasteiger partial charge in [-0.3, -0.25) is 4.90 Å². The van der Waals surface area contributed by atoms with Crippen molar-refractivity contribution in [1.82, 2.24) is 4.90 Å². The van der Waals surface area contributed by atoms with Crippen molar-refractivity contribution in [3.63, 3.8) is 0 Å². The van der Waals surface area contributed by atoms with Gasteiger partial charge in [0.15, 0.2) is 0 Å². The smallest absolute Gasteiger partial charge is 0.290 e. The highest BCUT2D eigenvalue weighted by Crippen LogP contribution is 2.16. The molecule has 0 aliphatic rings. The fraction of sp³-hybridized carbons (Fsp3) is 0.778. The summed E-state index contributed by atoms with van der Waals surface area (Å²) in [4.78, 5) is 1.28. The lowest BCUT2D eigenvalue weighted by molar-refractivity contribution is -0.144. The van der Waals surface area contributed by atoms with Crippen molar-refractivity contribution in [2.24, 2.45) is 0 Å². The average molecular weight is 230 g/mol. The van der Waals surface area contributed by atoms with Crippen LogP contribution in [-0.2, 0) is 0 Å². The van der Waals surface area contributed by atoms with Crippen molar-refractivity contribution in [2.45, 2.75) is 20.0 Å². The molecule has 0 heterocycles. The molecule has 0 aromatic rings. The van der Waals surface area contributed by atoms with Crippen LogP contribution in [0.15, 0.2) is 11.6 Å². The molecule has 0 aliphatic heterocycles. The van der Waals surface area contributed by atoms with E-state index in [1.54, 1.807) is 6.08 Å². The topological polar surface area (TPSA) is 3.24 Å². The second-order valence-electron chi connectivity index (χ2n) is 3.32. The highest BCUT2D eigenvalue weighted by molar-refractivity contribution is 6.18. The lowest BCUT2D eigenvalue weighted by Gasteiger charge is -2.21. The Kier molecular flexibility index (Phi) is 6.20. The Morgan fingerprint density at radius 1 is 1.36 bits per heavy atom. The average Bonchev–Trinajstić information content (AvgIpc) is 1.98. The van der Waals surface area contributed by atoms with Crippen molar-refractivity contribution in [2.75, 3.05) is 25.5 Å². The van der Waals surface area contributed by atoms with E-state index in [0.717, 1.165) is 5.57 Å². The van der Waals surface area contributed by atoms with E-state index in [9.17, 15) is 13.2 Å². The third-order valence-corrected chi connectivity index (χ3v) is 1.73. The van der Waals surface area contributed by atoms with E-state index in [1.807, 2.05) is 13.8 Å². The highest BCUT2D eigenvalue weighted by Gasteiger charge is 2.29. The lowest BCUT2D eigenvalue weighted by Crippen LogP contribution is -2.35. The molecule has 0 rings (SSSR count). The first-order valence-electron chi connectivity index (χ1n) is 4.33. The van der Waals surface area contributed by atoms with E-state index < -0.39 is 12.7 Å². The van der Waals surface area contributed by atoms with Crippen LogP contribution in [-0.4, -0.2) is 36.6 Å². The number of rotatable bonds is 5. The molecule has 14 heavy (non-hydrogen) atoms. The minimum atomic E-state index is -4.15. The molecule has 0 fully saturated rings. The minimum absolute atomic E-state index is 0.215. The van der Waals surface area contributed by atoms with Crippen molar-refractivity contribution < 1.29 is 13.2 Å². The first-order chi connectivity index (χ1) is 6.35. The number of alkyl halides is 4. The molecule has 0 unspecified atom stereocenters. The number of hydrogen-bond acceptors (Lipinski definition) is 1. The third-order valence-electron chi connectivity index (χ3n) is 1.56. The summed E-state index contributed by atoms with van der Waals surface area (Å²) >= 11 is 5.41. The Labute approximate surface area is 87.5 Å². The van der Waals surface area contributed by atoms with E-state index in [2.05, 4.69) is 0 Å². The van der Waals surface area contributed by atoms with Crippen LogP contribution in [0.2, 0.25) is 0 Å². The van der Waals surface area contributed by atoms with Crippen LogP contribution >= 0.6 is 11.6 Å². The molecule has 0 aromatic carbocycles. The standard InChI is InChI=1S/C9H15ClF3N/c1-8(2)3-5-14(6-4-10)7-9(11,12)13/h3H,4-7H2,1-2H3. The molecule has 0 amide bonds. The molecular formula is C9H15ClF3N. The highest BCUT2D eigenvalue weighted by atomic mass is 35.5. The molecule has 84 valence electrons. The van der Waals surface area contributed by atoms with Gasteiger partial charge in [0.1, 0.15) is 0 Å². The Balaban J connectivity index is 4.09. The van der Waals surface area contributed by atoms with Crippen LogP contribution in [0.25, 0.3) is 0 Å². The van der Waals surface area contributed by atoms with Crippen molar-refractivity contribution in [3.8, 4) is 0 Å². The first kappa shape index (κ1) is 13.8. The molecule has 0 saturated heterocycles. The quantitative estimate of drug-likeness (QED) is 0.517. The molecule has 5 heteroatoms. The summed E-state index contributed by atoms with van der Waals surface area (Å²) in [6.45, 7) is 3.36.